The Hall–Kier alpha value is -1.47. The Balaban J connectivity index is 2.48. The minimum atomic E-state index is 0.465. The van der Waals surface area contributed by atoms with Gasteiger partial charge in [0.05, 0.1) is 0 Å². The van der Waals surface area contributed by atoms with Gasteiger partial charge in [0.25, 0.3) is 0 Å². The van der Waals surface area contributed by atoms with Gasteiger partial charge >= 0.3 is 0 Å². The Morgan fingerprint density at radius 3 is 2.69 bits per heavy atom. The molecule has 1 aromatic carbocycles. The number of benzene rings is 1. The SMILES string of the molecule is C[C@H](CCN=[N+]=[N-])c1ccccc1. The summed E-state index contributed by atoms with van der Waals surface area (Å²) >= 11 is 0. The van der Waals surface area contributed by atoms with Crippen LogP contribution in [0.3, 0.4) is 0 Å². The van der Waals surface area contributed by atoms with Crippen molar-refractivity contribution >= 4 is 0 Å². The number of hydrogen-bond donors (Lipinski definition) is 0. The van der Waals surface area contributed by atoms with Gasteiger partial charge in [0.1, 0.15) is 0 Å². The quantitative estimate of drug-likeness (QED) is 0.382. The van der Waals surface area contributed by atoms with E-state index in [4.69, 9.17) is 5.53 Å². The standard InChI is InChI=1S/C10H13N3/c1-9(7-8-12-13-11)10-5-3-2-4-6-10/h2-6,9H,7-8H2,1H3/t9-/m1/s1. The van der Waals surface area contributed by atoms with Crippen LogP contribution in [0.25, 0.3) is 10.4 Å². The van der Waals surface area contributed by atoms with Gasteiger partial charge in [-0.25, -0.2) is 0 Å². The average Bonchev–Trinajstić information content (AvgIpc) is 2.19. The summed E-state index contributed by atoms with van der Waals surface area (Å²) in [6, 6.07) is 10.3. The van der Waals surface area contributed by atoms with E-state index in [1.165, 1.54) is 5.56 Å². The van der Waals surface area contributed by atoms with Gasteiger partial charge in [0.2, 0.25) is 0 Å². The summed E-state index contributed by atoms with van der Waals surface area (Å²) in [6.45, 7) is 2.72. The van der Waals surface area contributed by atoms with Crippen molar-refractivity contribution in [2.24, 2.45) is 5.11 Å². The van der Waals surface area contributed by atoms with Crippen molar-refractivity contribution in [3.63, 3.8) is 0 Å². The Labute approximate surface area is 78.0 Å². The van der Waals surface area contributed by atoms with Gasteiger partial charge in [0, 0.05) is 11.5 Å². The minimum Gasteiger partial charge on any atom is -0.0940 e. The zero-order chi connectivity index (χ0) is 9.52. The lowest BCUT2D eigenvalue weighted by Crippen LogP contribution is -1.94. The van der Waals surface area contributed by atoms with Gasteiger partial charge in [-0.15, -0.1) is 0 Å². The molecule has 1 rings (SSSR count). The van der Waals surface area contributed by atoms with E-state index < -0.39 is 0 Å². The second-order valence-corrected chi connectivity index (χ2v) is 3.05. The third-order valence-corrected chi connectivity index (χ3v) is 2.09. The molecular formula is C10H13N3. The van der Waals surface area contributed by atoms with E-state index >= 15 is 0 Å². The summed E-state index contributed by atoms with van der Waals surface area (Å²) in [4.78, 5) is 2.73. The highest BCUT2D eigenvalue weighted by atomic mass is 15.1. The molecule has 0 aliphatic heterocycles. The Morgan fingerprint density at radius 1 is 1.38 bits per heavy atom. The van der Waals surface area contributed by atoms with Crippen molar-refractivity contribution < 1.29 is 0 Å². The van der Waals surface area contributed by atoms with Gasteiger partial charge in [-0.1, -0.05) is 42.4 Å². The van der Waals surface area contributed by atoms with Crippen molar-refractivity contribution in [3.05, 3.63) is 46.3 Å². The fourth-order valence-electron chi connectivity index (χ4n) is 1.24. The van der Waals surface area contributed by atoms with Crippen molar-refractivity contribution in [2.75, 3.05) is 6.54 Å². The predicted octanol–water partition coefficient (Wildman–Crippen LogP) is 3.49. The molecule has 3 nitrogen and oxygen atoms in total. The number of azide groups is 1. The molecule has 0 saturated carbocycles. The van der Waals surface area contributed by atoms with Crippen LogP contribution in [0.5, 0.6) is 0 Å². The van der Waals surface area contributed by atoms with Crippen molar-refractivity contribution in [1.29, 1.82) is 0 Å². The second-order valence-electron chi connectivity index (χ2n) is 3.05. The highest BCUT2D eigenvalue weighted by Gasteiger charge is 2.02. The minimum absolute atomic E-state index is 0.465. The summed E-state index contributed by atoms with van der Waals surface area (Å²) in [6.07, 6.45) is 0.911. The Kier molecular flexibility index (Phi) is 3.86. The molecule has 0 unspecified atom stereocenters. The molecular weight excluding hydrogens is 162 g/mol. The van der Waals surface area contributed by atoms with Crippen LogP contribution in [-0.4, -0.2) is 6.54 Å². The fourth-order valence-corrected chi connectivity index (χ4v) is 1.24. The molecule has 1 atom stereocenters. The fraction of sp³-hybridized carbons (Fsp3) is 0.400. The van der Waals surface area contributed by atoms with Crippen molar-refractivity contribution in [1.82, 2.24) is 0 Å². The summed E-state index contributed by atoms with van der Waals surface area (Å²) in [5.74, 6) is 0.465. The van der Waals surface area contributed by atoms with Gasteiger partial charge in [0.15, 0.2) is 0 Å². The van der Waals surface area contributed by atoms with Gasteiger partial charge in [-0.05, 0) is 23.4 Å². The maximum atomic E-state index is 8.11. The molecule has 0 heterocycles. The van der Waals surface area contributed by atoms with Crippen molar-refractivity contribution in [3.8, 4) is 0 Å². The molecule has 0 aliphatic carbocycles. The van der Waals surface area contributed by atoms with E-state index in [1.807, 2.05) is 18.2 Å². The van der Waals surface area contributed by atoms with E-state index in [-0.39, 0.29) is 0 Å². The van der Waals surface area contributed by atoms with Crippen LogP contribution < -0.4 is 0 Å². The van der Waals surface area contributed by atoms with Crippen LogP contribution in [0, 0.1) is 0 Å². The van der Waals surface area contributed by atoms with E-state index in [2.05, 4.69) is 29.1 Å². The summed E-state index contributed by atoms with van der Waals surface area (Å²) < 4.78 is 0. The van der Waals surface area contributed by atoms with E-state index in [1.54, 1.807) is 0 Å². The molecule has 0 amide bonds. The molecule has 0 saturated heterocycles. The van der Waals surface area contributed by atoms with Crippen LogP contribution in [0.15, 0.2) is 35.4 Å². The zero-order valence-corrected chi connectivity index (χ0v) is 7.72. The summed E-state index contributed by atoms with van der Waals surface area (Å²) in [5, 5.41) is 3.52. The smallest absolute Gasteiger partial charge is 0.0263 e. The Morgan fingerprint density at radius 2 is 2.08 bits per heavy atom. The molecule has 0 spiro atoms. The summed E-state index contributed by atoms with van der Waals surface area (Å²) in [7, 11) is 0. The van der Waals surface area contributed by atoms with E-state index in [0.29, 0.717) is 12.5 Å². The van der Waals surface area contributed by atoms with Crippen molar-refractivity contribution in [2.45, 2.75) is 19.3 Å². The monoisotopic (exact) mass is 175 g/mol. The number of rotatable bonds is 4. The average molecular weight is 175 g/mol. The third kappa shape index (κ3) is 3.18. The van der Waals surface area contributed by atoms with Gasteiger partial charge < -0.3 is 0 Å². The maximum Gasteiger partial charge on any atom is 0.0263 e. The van der Waals surface area contributed by atoms with Crippen LogP contribution in [-0.2, 0) is 0 Å². The van der Waals surface area contributed by atoms with Crippen LogP contribution in [0.2, 0.25) is 0 Å². The normalized spacial score (nSPS) is 11.8. The highest BCUT2D eigenvalue weighted by molar-refractivity contribution is 5.18. The lowest BCUT2D eigenvalue weighted by molar-refractivity contribution is 0.688. The Bertz CT molecular complexity index is 288. The summed E-state index contributed by atoms with van der Waals surface area (Å²) in [5.41, 5.74) is 9.41. The molecule has 0 aliphatic rings. The third-order valence-electron chi connectivity index (χ3n) is 2.09. The zero-order valence-electron chi connectivity index (χ0n) is 7.72. The number of nitrogens with zero attached hydrogens (tertiary/aromatic N) is 3. The molecule has 68 valence electrons. The molecule has 13 heavy (non-hydrogen) atoms. The topological polar surface area (TPSA) is 48.8 Å². The van der Waals surface area contributed by atoms with Gasteiger partial charge in [-0.3, -0.25) is 0 Å². The first-order valence-electron chi connectivity index (χ1n) is 4.40. The van der Waals surface area contributed by atoms with E-state index in [0.717, 1.165) is 6.42 Å². The predicted molar refractivity (Wildman–Crippen MR) is 53.5 cm³/mol. The van der Waals surface area contributed by atoms with E-state index in [9.17, 15) is 0 Å². The highest BCUT2D eigenvalue weighted by Crippen LogP contribution is 2.17. The molecule has 0 N–H and O–H groups in total. The second kappa shape index (κ2) is 5.22. The van der Waals surface area contributed by atoms with Gasteiger partial charge in [-0.2, -0.15) is 0 Å². The lowest BCUT2D eigenvalue weighted by Gasteiger charge is -2.08. The van der Waals surface area contributed by atoms with Crippen LogP contribution in [0.1, 0.15) is 24.8 Å². The lowest BCUT2D eigenvalue weighted by atomic mass is 9.98. The molecule has 0 fully saturated rings. The first-order valence-corrected chi connectivity index (χ1v) is 4.40. The molecule has 3 heteroatoms. The molecule has 0 radical (unpaired) electrons. The first kappa shape index (κ1) is 9.62. The molecule has 1 aromatic rings. The molecule has 0 bridgehead atoms. The maximum absolute atomic E-state index is 8.11. The molecule has 0 aromatic heterocycles. The van der Waals surface area contributed by atoms with Crippen LogP contribution in [0.4, 0.5) is 0 Å². The largest absolute Gasteiger partial charge is 0.0940 e. The van der Waals surface area contributed by atoms with Crippen LogP contribution >= 0.6 is 0 Å². The number of hydrogen-bond acceptors (Lipinski definition) is 1. The first-order chi connectivity index (χ1) is 6.34.